The number of fused-ring (bicyclic) bond motifs is 1. The van der Waals surface area contributed by atoms with Crippen molar-refractivity contribution in [2.75, 3.05) is 12.3 Å². The topological polar surface area (TPSA) is 61.3 Å². The third kappa shape index (κ3) is 0.940. The molecule has 1 heterocycles. The van der Waals surface area contributed by atoms with Crippen LogP contribution in [0.4, 0.5) is 5.69 Å². The summed E-state index contributed by atoms with van der Waals surface area (Å²) in [7, 11) is 0. The minimum absolute atomic E-state index is 0.0712. The molecule has 1 aliphatic rings. The number of anilines is 1. The standard InChI is InChI=1S/C8H9ClN2O/c9-7-5(10)2-1-4-6(11)3-12-8(4)7/h1-2,6H,3,10-11H2. The molecule has 0 bridgehead atoms. The SMILES string of the molecule is Nc1ccc2c(c1Cl)OCC2N. The summed E-state index contributed by atoms with van der Waals surface area (Å²) < 4.78 is 5.29. The van der Waals surface area contributed by atoms with Gasteiger partial charge in [0, 0.05) is 5.56 Å². The molecule has 4 N–H and O–H groups in total. The molecule has 0 spiro atoms. The second kappa shape index (κ2) is 2.54. The third-order valence-corrected chi connectivity index (χ3v) is 2.35. The summed E-state index contributed by atoms with van der Waals surface area (Å²) in [5.74, 6) is 0.643. The smallest absolute Gasteiger partial charge is 0.144 e. The minimum atomic E-state index is -0.0712. The summed E-state index contributed by atoms with van der Waals surface area (Å²) in [5, 5.41) is 0.473. The molecule has 64 valence electrons. The molecule has 1 aliphatic heterocycles. The van der Waals surface area contributed by atoms with E-state index in [9.17, 15) is 0 Å². The molecule has 12 heavy (non-hydrogen) atoms. The number of nitrogens with two attached hydrogens (primary N) is 2. The van der Waals surface area contributed by atoms with Gasteiger partial charge in [-0.2, -0.15) is 0 Å². The largest absolute Gasteiger partial charge is 0.490 e. The lowest BCUT2D eigenvalue weighted by Gasteiger charge is -2.04. The van der Waals surface area contributed by atoms with E-state index in [-0.39, 0.29) is 6.04 Å². The van der Waals surface area contributed by atoms with Crippen molar-refractivity contribution in [1.29, 1.82) is 0 Å². The maximum Gasteiger partial charge on any atom is 0.144 e. The molecule has 0 amide bonds. The maximum atomic E-state index is 5.90. The molecule has 0 radical (unpaired) electrons. The Balaban J connectivity index is 2.60. The van der Waals surface area contributed by atoms with Gasteiger partial charge in [-0.3, -0.25) is 0 Å². The lowest BCUT2D eigenvalue weighted by Crippen LogP contribution is -2.10. The van der Waals surface area contributed by atoms with Crippen molar-refractivity contribution >= 4 is 17.3 Å². The van der Waals surface area contributed by atoms with Crippen LogP contribution in [0.1, 0.15) is 11.6 Å². The first-order valence-electron chi connectivity index (χ1n) is 3.66. The van der Waals surface area contributed by atoms with Gasteiger partial charge in [0.1, 0.15) is 17.4 Å². The van der Waals surface area contributed by atoms with Gasteiger partial charge < -0.3 is 16.2 Å². The molecule has 0 fully saturated rings. The molecule has 1 aromatic rings. The fourth-order valence-electron chi connectivity index (χ4n) is 1.29. The van der Waals surface area contributed by atoms with Gasteiger partial charge in [-0.05, 0) is 6.07 Å². The summed E-state index contributed by atoms with van der Waals surface area (Å²) in [6, 6.07) is 3.53. The molecule has 1 unspecified atom stereocenters. The van der Waals surface area contributed by atoms with Crippen LogP contribution in [0.15, 0.2) is 12.1 Å². The molecule has 0 aliphatic carbocycles. The van der Waals surface area contributed by atoms with E-state index in [0.717, 1.165) is 5.56 Å². The summed E-state index contributed by atoms with van der Waals surface area (Å²) in [4.78, 5) is 0. The number of benzene rings is 1. The zero-order chi connectivity index (χ0) is 8.72. The van der Waals surface area contributed by atoms with Crippen LogP contribution in [-0.2, 0) is 0 Å². The van der Waals surface area contributed by atoms with Gasteiger partial charge in [-0.15, -0.1) is 0 Å². The highest BCUT2D eigenvalue weighted by Gasteiger charge is 2.23. The Bertz CT molecular complexity index is 327. The molecule has 0 saturated carbocycles. The first kappa shape index (κ1) is 7.71. The van der Waals surface area contributed by atoms with Gasteiger partial charge in [0.25, 0.3) is 0 Å². The zero-order valence-corrected chi connectivity index (χ0v) is 7.14. The Morgan fingerprint density at radius 1 is 1.50 bits per heavy atom. The van der Waals surface area contributed by atoms with Crippen molar-refractivity contribution in [3.05, 3.63) is 22.7 Å². The predicted molar refractivity (Wildman–Crippen MR) is 48.3 cm³/mol. The van der Waals surface area contributed by atoms with Gasteiger partial charge >= 0.3 is 0 Å². The van der Waals surface area contributed by atoms with E-state index in [1.54, 1.807) is 6.07 Å². The Morgan fingerprint density at radius 3 is 3.00 bits per heavy atom. The normalized spacial score (nSPS) is 20.3. The predicted octanol–water partition coefficient (Wildman–Crippen LogP) is 1.31. The van der Waals surface area contributed by atoms with Crippen LogP contribution in [0.2, 0.25) is 5.02 Å². The van der Waals surface area contributed by atoms with Crippen molar-refractivity contribution in [3.8, 4) is 5.75 Å². The molecule has 0 saturated heterocycles. The zero-order valence-electron chi connectivity index (χ0n) is 6.38. The number of nitrogen functional groups attached to an aromatic ring is 1. The van der Waals surface area contributed by atoms with Crippen LogP contribution in [0.5, 0.6) is 5.75 Å². The van der Waals surface area contributed by atoms with Gasteiger partial charge in [-0.1, -0.05) is 17.7 Å². The van der Waals surface area contributed by atoms with Crippen molar-refractivity contribution in [2.45, 2.75) is 6.04 Å². The van der Waals surface area contributed by atoms with E-state index in [1.165, 1.54) is 0 Å². The molecule has 2 rings (SSSR count). The number of ether oxygens (including phenoxy) is 1. The lowest BCUT2D eigenvalue weighted by atomic mass is 10.1. The molecule has 1 aromatic carbocycles. The van der Waals surface area contributed by atoms with E-state index < -0.39 is 0 Å². The average Bonchev–Trinajstić information content (AvgIpc) is 2.41. The van der Waals surface area contributed by atoms with E-state index in [4.69, 9.17) is 27.8 Å². The average molecular weight is 185 g/mol. The Labute approximate surface area is 75.3 Å². The van der Waals surface area contributed by atoms with Crippen molar-refractivity contribution in [2.24, 2.45) is 5.73 Å². The number of hydrogen-bond donors (Lipinski definition) is 2. The van der Waals surface area contributed by atoms with Crippen LogP contribution in [0, 0.1) is 0 Å². The summed E-state index contributed by atoms with van der Waals surface area (Å²) >= 11 is 5.90. The number of rotatable bonds is 0. The Morgan fingerprint density at radius 2 is 2.25 bits per heavy atom. The van der Waals surface area contributed by atoms with E-state index in [1.807, 2.05) is 6.07 Å². The fraction of sp³-hybridized carbons (Fsp3) is 0.250. The first-order valence-corrected chi connectivity index (χ1v) is 4.04. The molecule has 1 atom stereocenters. The Kier molecular flexibility index (Phi) is 1.63. The van der Waals surface area contributed by atoms with Crippen molar-refractivity contribution < 1.29 is 4.74 Å². The summed E-state index contributed by atoms with van der Waals surface area (Å²) in [6.45, 7) is 0.485. The second-order valence-electron chi connectivity index (χ2n) is 2.80. The van der Waals surface area contributed by atoms with E-state index >= 15 is 0 Å². The van der Waals surface area contributed by atoms with Crippen LogP contribution < -0.4 is 16.2 Å². The summed E-state index contributed by atoms with van der Waals surface area (Å²) in [6.07, 6.45) is 0. The highest BCUT2D eigenvalue weighted by atomic mass is 35.5. The second-order valence-corrected chi connectivity index (χ2v) is 3.18. The Hall–Kier alpha value is -0.930. The van der Waals surface area contributed by atoms with Crippen LogP contribution in [-0.4, -0.2) is 6.61 Å². The van der Waals surface area contributed by atoms with Crippen molar-refractivity contribution in [3.63, 3.8) is 0 Å². The molecule has 3 nitrogen and oxygen atoms in total. The molecule has 0 aromatic heterocycles. The fourth-order valence-corrected chi connectivity index (χ4v) is 1.51. The first-order chi connectivity index (χ1) is 5.70. The highest BCUT2D eigenvalue weighted by molar-refractivity contribution is 6.34. The molecular weight excluding hydrogens is 176 g/mol. The van der Waals surface area contributed by atoms with Gasteiger partial charge in [0.2, 0.25) is 0 Å². The van der Waals surface area contributed by atoms with Crippen LogP contribution >= 0.6 is 11.6 Å². The van der Waals surface area contributed by atoms with Crippen molar-refractivity contribution in [1.82, 2.24) is 0 Å². The quantitative estimate of drug-likeness (QED) is 0.598. The third-order valence-electron chi connectivity index (χ3n) is 1.96. The van der Waals surface area contributed by atoms with Gasteiger partial charge in [0.05, 0.1) is 11.7 Å². The van der Waals surface area contributed by atoms with E-state index in [0.29, 0.717) is 23.1 Å². The minimum Gasteiger partial charge on any atom is -0.490 e. The molecule has 4 heteroatoms. The number of hydrogen-bond acceptors (Lipinski definition) is 3. The molecular formula is C8H9ClN2O. The van der Waals surface area contributed by atoms with Gasteiger partial charge in [-0.25, -0.2) is 0 Å². The lowest BCUT2D eigenvalue weighted by molar-refractivity contribution is 0.333. The highest BCUT2D eigenvalue weighted by Crippen LogP contribution is 2.40. The van der Waals surface area contributed by atoms with E-state index in [2.05, 4.69) is 0 Å². The van der Waals surface area contributed by atoms with Crippen LogP contribution in [0.3, 0.4) is 0 Å². The van der Waals surface area contributed by atoms with Gasteiger partial charge in [0.15, 0.2) is 0 Å². The summed E-state index contributed by atoms with van der Waals surface area (Å²) in [5.41, 5.74) is 12.8. The number of halogens is 1. The van der Waals surface area contributed by atoms with Crippen LogP contribution in [0.25, 0.3) is 0 Å². The maximum absolute atomic E-state index is 5.90. The monoisotopic (exact) mass is 184 g/mol.